The molecule has 3 saturated carbocycles. The summed E-state index contributed by atoms with van der Waals surface area (Å²) in [7, 11) is -4.88. The summed E-state index contributed by atoms with van der Waals surface area (Å²) in [5.74, 6) is -1.01. The average molecular weight is 1230 g/mol. The van der Waals surface area contributed by atoms with E-state index < -0.39 is 199 Å². The van der Waals surface area contributed by atoms with Gasteiger partial charge in [0.25, 0.3) is 0 Å². The van der Waals surface area contributed by atoms with Crippen molar-refractivity contribution in [3.05, 3.63) is 11.6 Å². The Bertz CT molecular complexity index is 2400. The third kappa shape index (κ3) is 12.9. The zero-order chi connectivity index (χ0) is 61.6. The minimum atomic E-state index is -4.88. The molecule has 4 aliphatic carbocycles. The first-order valence-electron chi connectivity index (χ1n) is 29.8. The van der Waals surface area contributed by atoms with Crippen LogP contribution < -0.4 is 0 Å². The second-order valence-electron chi connectivity index (χ2n) is 26.5. The molecule has 0 unspecified atom stereocenters. The number of aliphatic hydroxyl groups is 12. The number of hydrogen-bond acceptors (Lipinski definition) is 26. The first-order valence-corrected chi connectivity index (χ1v) is 31.2. The molecule has 84 heavy (non-hydrogen) atoms. The fraction of sp³-hybridized carbons (Fsp3) is 0.946. The highest BCUT2D eigenvalue weighted by Gasteiger charge is 2.64. The van der Waals surface area contributed by atoms with E-state index in [0.29, 0.717) is 38.5 Å². The topological polar surface area (TPSA) is 416 Å². The third-order valence-corrected chi connectivity index (χ3v) is 21.0. The van der Waals surface area contributed by atoms with E-state index in [1.54, 1.807) is 6.92 Å². The van der Waals surface area contributed by atoms with Crippen molar-refractivity contribution >= 4 is 16.2 Å². The summed E-state index contributed by atoms with van der Waals surface area (Å²) in [5.41, 5.74) is -1.63. The number of hydrogen-bond donors (Lipinski definition) is 13. The molecule has 0 aromatic carbocycles. The second kappa shape index (κ2) is 25.6. The quantitative estimate of drug-likeness (QED) is 0.0573. The molecule has 0 amide bonds. The maximum Gasteiger partial charge on any atom is 0.397 e. The van der Waals surface area contributed by atoms with Gasteiger partial charge in [0.2, 0.25) is 0 Å². The van der Waals surface area contributed by atoms with Crippen LogP contribution in [-0.4, -0.2) is 252 Å². The predicted octanol–water partition coefficient (Wildman–Crippen LogP) is -1.65. The number of ether oxygens (including phenoxy) is 10. The van der Waals surface area contributed by atoms with Gasteiger partial charge in [0.15, 0.2) is 37.2 Å². The van der Waals surface area contributed by atoms with Crippen LogP contribution in [0.4, 0.5) is 0 Å². The molecule has 0 aromatic rings. The summed E-state index contributed by atoms with van der Waals surface area (Å²) in [6, 6.07) is 0. The Morgan fingerprint density at radius 2 is 1.13 bits per heavy atom. The second-order valence-corrected chi connectivity index (χ2v) is 27.5. The van der Waals surface area contributed by atoms with Crippen molar-refractivity contribution in [2.24, 2.45) is 40.4 Å². The molecule has 28 heteroatoms. The van der Waals surface area contributed by atoms with Crippen LogP contribution in [0.2, 0.25) is 0 Å². The highest BCUT2D eigenvalue weighted by molar-refractivity contribution is 7.80. The van der Waals surface area contributed by atoms with E-state index in [2.05, 4.69) is 19.9 Å². The lowest BCUT2D eigenvalue weighted by atomic mass is 9.47. The van der Waals surface area contributed by atoms with E-state index in [1.807, 2.05) is 13.8 Å². The highest BCUT2D eigenvalue weighted by Crippen LogP contribution is 2.67. The summed E-state index contributed by atoms with van der Waals surface area (Å²) < 4.78 is 101. The van der Waals surface area contributed by atoms with Crippen LogP contribution in [-0.2, 0) is 66.7 Å². The number of Topliss-reactive ketones (excluding diaryl/α,β-unsaturated/α-hetero) is 1. The van der Waals surface area contributed by atoms with Crippen molar-refractivity contribution in [2.45, 2.75) is 285 Å². The zero-order valence-corrected chi connectivity index (χ0v) is 49.8. The van der Waals surface area contributed by atoms with Gasteiger partial charge in [-0.05, 0) is 120 Å². The molecule has 0 radical (unpaired) electrons. The lowest BCUT2D eigenvalue weighted by Crippen LogP contribution is -2.66. The predicted molar refractivity (Wildman–Crippen MR) is 284 cm³/mol. The van der Waals surface area contributed by atoms with Crippen molar-refractivity contribution in [2.75, 3.05) is 6.61 Å². The Morgan fingerprint density at radius 1 is 0.619 bits per heavy atom. The SMILES string of the molecule is CC(C)CCC(=O)[C@](C)(O)[C@H]1CC[C@H]2[C@@H]3C[C@H](O[C@@H]4O[C@H](C)[C@@H](O)[C@H](O[C@@H]5OC[C@@H](O[C@@H]6O[C@H](C)[C@@H](O)[C@H](O)[C@H]6O[C@@H]6O[C@H](C)[C@H](O)[C@H](O)[C@H]6O)[C@H](O)[C@H]5O[C@@H]5O[C@H](C)[C@@H](O)[C@H](O)[C@H]5O)[C@H]4O)[C@H]4C[C@@H](OS(=O)(=O)O)CC[C@]4(C)C3=CC[C@@]21C. The molecule has 27 nitrogen and oxygen atoms in total. The largest absolute Gasteiger partial charge is 0.397 e. The van der Waals surface area contributed by atoms with E-state index in [1.165, 1.54) is 27.7 Å². The van der Waals surface area contributed by atoms with Crippen LogP contribution in [0, 0.1) is 40.4 Å². The maximum absolute atomic E-state index is 13.8. The smallest absolute Gasteiger partial charge is 0.388 e. The Kier molecular flexibility index (Phi) is 20.4. The van der Waals surface area contributed by atoms with Gasteiger partial charge in [0, 0.05) is 12.3 Å². The summed E-state index contributed by atoms with van der Waals surface area (Å²) in [4.78, 5) is 13.8. The Balaban J connectivity index is 0.980. The number of rotatable bonds is 17. The lowest BCUT2D eigenvalue weighted by Gasteiger charge is -2.60. The number of aliphatic hydroxyl groups excluding tert-OH is 11. The molecular formula is C56H92O27S. The number of allylic oxidation sites excluding steroid dienone is 2. The zero-order valence-electron chi connectivity index (χ0n) is 49.0. The summed E-state index contributed by atoms with van der Waals surface area (Å²) in [5, 5.41) is 135. The summed E-state index contributed by atoms with van der Waals surface area (Å²) in [6.45, 7) is 15.0. The van der Waals surface area contributed by atoms with Crippen LogP contribution in [0.15, 0.2) is 11.6 Å². The fourth-order valence-electron chi connectivity index (χ4n) is 15.4. The Labute approximate surface area is 489 Å². The molecule has 484 valence electrons. The molecule has 8 fully saturated rings. The van der Waals surface area contributed by atoms with E-state index in [9.17, 15) is 79.0 Å². The van der Waals surface area contributed by atoms with Gasteiger partial charge in [-0.1, -0.05) is 39.3 Å². The van der Waals surface area contributed by atoms with Crippen molar-refractivity contribution in [1.29, 1.82) is 0 Å². The average Bonchev–Trinajstić information content (AvgIpc) is 1.36. The van der Waals surface area contributed by atoms with E-state index in [0.717, 1.165) is 5.57 Å². The number of carbonyl (C=O) groups is 1. The van der Waals surface area contributed by atoms with Gasteiger partial charge >= 0.3 is 10.4 Å². The number of carbonyl (C=O) groups excluding carboxylic acids is 1. The maximum atomic E-state index is 13.8. The number of fused-ring (bicyclic) bond motifs is 5. The molecule has 13 N–H and O–H groups in total. The lowest BCUT2D eigenvalue weighted by molar-refractivity contribution is -0.397. The van der Waals surface area contributed by atoms with Crippen LogP contribution >= 0.6 is 0 Å². The number of ketones is 1. The van der Waals surface area contributed by atoms with Gasteiger partial charge in [-0.3, -0.25) is 9.35 Å². The molecule has 5 aliphatic heterocycles. The summed E-state index contributed by atoms with van der Waals surface area (Å²) >= 11 is 0. The molecule has 0 bridgehead atoms. The van der Waals surface area contributed by atoms with E-state index >= 15 is 0 Å². The normalized spacial score (nSPS) is 51.7. The molecule has 5 heterocycles. The Hall–Kier alpha value is -1.60. The van der Waals surface area contributed by atoms with Crippen LogP contribution in [0.5, 0.6) is 0 Å². The first-order chi connectivity index (χ1) is 39.2. The molecule has 0 spiro atoms. The van der Waals surface area contributed by atoms with Gasteiger partial charge < -0.3 is 109 Å². The molecule has 9 aliphatic rings. The van der Waals surface area contributed by atoms with Gasteiger partial charge in [0.05, 0.1) is 43.2 Å². The van der Waals surface area contributed by atoms with Gasteiger partial charge in [0.1, 0.15) is 97.2 Å². The molecular weight excluding hydrogens is 1140 g/mol. The van der Waals surface area contributed by atoms with Crippen LogP contribution in [0.3, 0.4) is 0 Å². The standard InChI is InChI=1S/C56H92O27S/c1-21(2)10-13-34(57)56(9,69)33-12-11-28-27-19-31(30-18-26(83-84(70,71)72)14-16-54(30,7)29(27)15-17-55(28,33)8)78-51-45(68)46(38(61)25(6)76-51)80-52-47(81-49-43(66)40(63)35(58)22(3)74-49)39(62)32(20-73-52)79-53-48(42(65)37(60)24(5)77-53)82-50-44(67)41(64)36(59)23(4)75-50/h15,21-28,30-33,35-53,58-69H,10-14,16-20H2,1-9H3,(H,70,71,72)/t22-,23-,24-,25-,26+,27+,28+,30-,31+,32-,33+,35-,36+,37-,38-,39+,40+,41+,42+,43-,44-,45-,46+,47-,48-,49+,50+,51+,52+,53+,54-,55+,56-/m1/s1. The van der Waals surface area contributed by atoms with Crippen molar-refractivity contribution in [3.63, 3.8) is 0 Å². The Morgan fingerprint density at radius 3 is 1.70 bits per heavy atom. The van der Waals surface area contributed by atoms with Crippen LogP contribution in [0.25, 0.3) is 0 Å². The van der Waals surface area contributed by atoms with Crippen molar-refractivity contribution in [3.8, 4) is 0 Å². The van der Waals surface area contributed by atoms with Gasteiger partial charge in [-0.25, -0.2) is 4.18 Å². The minimum absolute atomic E-state index is 0.0370. The van der Waals surface area contributed by atoms with Crippen molar-refractivity contribution in [1.82, 2.24) is 0 Å². The monoisotopic (exact) mass is 1230 g/mol. The van der Waals surface area contributed by atoms with E-state index in [4.69, 9.17) is 51.6 Å². The molecule has 5 saturated heterocycles. The highest BCUT2D eigenvalue weighted by atomic mass is 32.3. The van der Waals surface area contributed by atoms with Crippen molar-refractivity contribution < 1.29 is 131 Å². The third-order valence-electron chi connectivity index (χ3n) is 20.5. The van der Waals surface area contributed by atoms with E-state index in [-0.39, 0.29) is 48.7 Å². The minimum Gasteiger partial charge on any atom is -0.388 e. The van der Waals surface area contributed by atoms with Gasteiger partial charge in [-0.15, -0.1) is 0 Å². The molecule has 9 rings (SSSR count). The molecule has 0 aromatic heterocycles. The van der Waals surface area contributed by atoms with Gasteiger partial charge in [-0.2, -0.15) is 8.42 Å². The summed E-state index contributed by atoms with van der Waals surface area (Å²) in [6.07, 6.45) is -35.0. The first kappa shape index (κ1) is 66.8. The molecule has 33 atom stereocenters. The fourth-order valence-corrected chi connectivity index (χ4v) is 16.0. The van der Waals surface area contributed by atoms with Crippen LogP contribution in [0.1, 0.15) is 120 Å².